The maximum Gasteiger partial charge on any atom is 0 e. The van der Waals surface area contributed by atoms with Gasteiger partial charge in [0, 0.05) is 25.8 Å². The van der Waals surface area contributed by atoms with Crippen molar-refractivity contribution in [3.05, 3.63) is 86.5 Å². The van der Waals surface area contributed by atoms with Gasteiger partial charge in [0.15, 0.2) is 0 Å². The maximum atomic E-state index is 3.67. The Hall–Kier alpha value is -1.34. The van der Waals surface area contributed by atoms with Crippen molar-refractivity contribution in [3.8, 4) is 11.1 Å². The number of fused-ring (bicyclic) bond motifs is 3. The zero-order chi connectivity index (χ0) is 23.3. The molecule has 0 fully saturated rings. The predicted molar refractivity (Wildman–Crippen MR) is 137 cm³/mol. The van der Waals surface area contributed by atoms with Crippen LogP contribution >= 0.6 is 0 Å². The largest absolute Gasteiger partial charge is 0.196 e. The standard InChI is InChI=1S/C21H25.C10H15.Hf/c1-20(2,3)16-7-9-18-14(12-16)11-15-13-17(21(4,5)6)8-10-19(15)18;1-6-7(2)9(4)10(5)8(6)3;/h7-10,12H,11H2,1-6H3;1-5H3;/q2*-1;. The fourth-order valence-electron chi connectivity index (χ4n) is 4.43. The fourth-order valence-corrected chi connectivity index (χ4v) is 4.43. The van der Waals surface area contributed by atoms with E-state index in [2.05, 4.69) is 113 Å². The molecule has 3 aromatic carbocycles. The third-order valence-electron chi connectivity index (χ3n) is 7.28. The van der Waals surface area contributed by atoms with Crippen molar-refractivity contribution in [1.82, 2.24) is 0 Å². The van der Waals surface area contributed by atoms with Gasteiger partial charge in [-0.15, -0.1) is 11.1 Å². The Labute approximate surface area is 216 Å². The van der Waals surface area contributed by atoms with Gasteiger partial charge in [0.25, 0.3) is 0 Å². The summed E-state index contributed by atoms with van der Waals surface area (Å²) in [6, 6.07) is 15.2. The monoisotopic (exact) mass is 592 g/mol. The van der Waals surface area contributed by atoms with Crippen LogP contribution in [-0.4, -0.2) is 0 Å². The Morgan fingerprint density at radius 2 is 1.28 bits per heavy atom. The van der Waals surface area contributed by atoms with E-state index in [-0.39, 0.29) is 36.7 Å². The van der Waals surface area contributed by atoms with E-state index in [1.807, 2.05) is 0 Å². The summed E-state index contributed by atoms with van der Waals surface area (Å²) in [5.41, 5.74) is 16.0. The zero-order valence-corrected chi connectivity index (χ0v) is 25.7. The Morgan fingerprint density at radius 1 is 0.750 bits per heavy atom. The molecule has 1 aliphatic rings. The normalized spacial score (nSPS) is 12.5. The molecule has 0 bridgehead atoms. The van der Waals surface area contributed by atoms with Crippen LogP contribution < -0.4 is 0 Å². The summed E-state index contributed by atoms with van der Waals surface area (Å²) in [4.78, 5) is 0. The van der Waals surface area contributed by atoms with E-state index < -0.39 is 0 Å². The number of benzene rings is 2. The van der Waals surface area contributed by atoms with Crippen LogP contribution in [0.15, 0.2) is 30.3 Å². The molecular formula is C31H40Hf-2. The van der Waals surface area contributed by atoms with Gasteiger partial charge in [-0.05, 0) is 28.4 Å². The summed E-state index contributed by atoms with van der Waals surface area (Å²) < 4.78 is 0. The third kappa shape index (κ3) is 5.24. The van der Waals surface area contributed by atoms with Crippen molar-refractivity contribution in [3.63, 3.8) is 0 Å². The van der Waals surface area contributed by atoms with Gasteiger partial charge < -0.3 is 0 Å². The van der Waals surface area contributed by atoms with Gasteiger partial charge in [-0.1, -0.05) is 99.9 Å². The van der Waals surface area contributed by atoms with Gasteiger partial charge in [-0.3, -0.25) is 0 Å². The first-order chi connectivity index (χ1) is 14.2. The summed E-state index contributed by atoms with van der Waals surface area (Å²) in [5, 5.41) is 0. The molecule has 0 radical (unpaired) electrons. The van der Waals surface area contributed by atoms with Gasteiger partial charge in [0.2, 0.25) is 0 Å². The van der Waals surface area contributed by atoms with Crippen LogP contribution in [0.4, 0.5) is 0 Å². The molecule has 32 heavy (non-hydrogen) atoms. The van der Waals surface area contributed by atoms with E-state index in [0.29, 0.717) is 0 Å². The molecule has 0 aliphatic heterocycles. The molecule has 3 aromatic rings. The second-order valence-electron chi connectivity index (χ2n) is 11.4. The molecule has 0 atom stereocenters. The first-order valence-electron chi connectivity index (χ1n) is 11.6. The van der Waals surface area contributed by atoms with Gasteiger partial charge in [-0.25, -0.2) is 0 Å². The molecule has 0 aromatic heterocycles. The van der Waals surface area contributed by atoms with Crippen molar-refractivity contribution in [1.29, 1.82) is 0 Å². The van der Waals surface area contributed by atoms with Crippen LogP contribution in [0.5, 0.6) is 0 Å². The van der Waals surface area contributed by atoms with E-state index in [9.17, 15) is 0 Å². The smallest absolute Gasteiger partial charge is 0 e. The van der Waals surface area contributed by atoms with Crippen LogP contribution in [0.25, 0.3) is 11.1 Å². The molecule has 4 rings (SSSR count). The van der Waals surface area contributed by atoms with E-state index in [1.54, 1.807) is 0 Å². The maximum absolute atomic E-state index is 3.67. The molecule has 0 spiro atoms. The minimum absolute atomic E-state index is 0. The zero-order valence-electron chi connectivity index (χ0n) is 22.1. The Kier molecular flexibility index (Phi) is 7.98. The van der Waals surface area contributed by atoms with Gasteiger partial charge in [-0.2, -0.15) is 51.6 Å². The Morgan fingerprint density at radius 3 is 1.72 bits per heavy atom. The number of hydrogen-bond donors (Lipinski definition) is 0. The van der Waals surface area contributed by atoms with Crippen molar-refractivity contribution in [2.24, 2.45) is 0 Å². The van der Waals surface area contributed by atoms with Crippen LogP contribution in [0.2, 0.25) is 0 Å². The molecule has 0 saturated carbocycles. The second kappa shape index (κ2) is 9.49. The van der Waals surface area contributed by atoms with Gasteiger partial charge in [0.05, 0.1) is 0 Å². The van der Waals surface area contributed by atoms with Crippen molar-refractivity contribution >= 4 is 0 Å². The van der Waals surface area contributed by atoms with Crippen LogP contribution in [-0.2, 0) is 43.1 Å². The molecule has 0 amide bonds. The average molecular weight is 591 g/mol. The molecule has 0 heterocycles. The van der Waals surface area contributed by atoms with Gasteiger partial charge >= 0.3 is 0 Å². The number of hydrogen-bond acceptors (Lipinski definition) is 0. The van der Waals surface area contributed by atoms with E-state index in [0.717, 1.165) is 6.42 Å². The number of rotatable bonds is 0. The molecule has 0 saturated heterocycles. The molecule has 0 nitrogen and oxygen atoms in total. The first kappa shape index (κ1) is 26.9. The SMILES string of the molecule is CC(C)(C)c1[c-]c2c(cc1)-c1ccc(C(C)(C)C)cc1C2.Cc1c(C)c(C)[c-](C)c1C.[Hf]. The Bertz CT molecular complexity index is 969. The van der Waals surface area contributed by atoms with Crippen molar-refractivity contribution < 1.29 is 25.8 Å². The minimum Gasteiger partial charge on any atom is -0.196 e. The molecule has 1 aliphatic carbocycles. The fraction of sp³-hybridized carbons (Fsp3) is 0.452. The average Bonchev–Trinajstić information content (AvgIpc) is 3.13. The predicted octanol–water partition coefficient (Wildman–Crippen LogP) is 8.60. The van der Waals surface area contributed by atoms with Gasteiger partial charge in [0.1, 0.15) is 0 Å². The van der Waals surface area contributed by atoms with Crippen molar-refractivity contribution in [2.75, 3.05) is 0 Å². The van der Waals surface area contributed by atoms with E-state index >= 15 is 0 Å². The topological polar surface area (TPSA) is 0 Å². The second-order valence-corrected chi connectivity index (χ2v) is 11.4. The summed E-state index contributed by atoms with van der Waals surface area (Å²) in [6.45, 7) is 24.6. The molecule has 1 heteroatoms. The molecule has 170 valence electrons. The first-order valence-corrected chi connectivity index (χ1v) is 11.6. The Balaban J connectivity index is 0.000000280. The molecular weight excluding hydrogens is 551 g/mol. The summed E-state index contributed by atoms with van der Waals surface area (Å²) in [7, 11) is 0. The van der Waals surface area contributed by atoms with Crippen molar-refractivity contribution in [2.45, 2.75) is 93.4 Å². The summed E-state index contributed by atoms with van der Waals surface area (Å²) in [6.07, 6.45) is 1.03. The van der Waals surface area contributed by atoms with Crippen LogP contribution in [0.3, 0.4) is 0 Å². The summed E-state index contributed by atoms with van der Waals surface area (Å²) in [5.74, 6) is 0. The minimum atomic E-state index is 0. The molecule has 0 unspecified atom stereocenters. The quantitative estimate of drug-likeness (QED) is 0.142. The van der Waals surface area contributed by atoms with Crippen LogP contribution in [0.1, 0.15) is 91.6 Å². The van der Waals surface area contributed by atoms with E-state index in [1.165, 1.54) is 61.2 Å². The summed E-state index contributed by atoms with van der Waals surface area (Å²) >= 11 is 0. The van der Waals surface area contributed by atoms with Crippen LogP contribution in [0, 0.1) is 40.7 Å². The third-order valence-corrected chi connectivity index (χ3v) is 7.28. The molecule has 0 N–H and O–H groups in total. The van der Waals surface area contributed by atoms with E-state index in [4.69, 9.17) is 0 Å².